The number of thiophene rings is 1. The van der Waals surface area contributed by atoms with Gasteiger partial charge in [-0.3, -0.25) is 0 Å². The molecule has 2 N–H and O–H groups in total. The first-order chi connectivity index (χ1) is 9.72. The van der Waals surface area contributed by atoms with Gasteiger partial charge in [-0.25, -0.2) is 4.98 Å². The van der Waals surface area contributed by atoms with Crippen molar-refractivity contribution in [2.75, 3.05) is 43.9 Å². The number of fused-ring (bicyclic) bond motifs is 3. The Morgan fingerprint density at radius 1 is 1.10 bits per heavy atom. The number of nitrogens with two attached hydrogens (primary N) is 1. The molecule has 5 nitrogen and oxygen atoms in total. The van der Waals surface area contributed by atoms with Gasteiger partial charge in [0.05, 0.1) is 5.39 Å². The summed E-state index contributed by atoms with van der Waals surface area (Å²) < 4.78 is 0. The first-order valence-corrected chi connectivity index (χ1v) is 8.05. The molecule has 2 aromatic rings. The van der Waals surface area contributed by atoms with E-state index in [-0.39, 0.29) is 0 Å². The van der Waals surface area contributed by atoms with Gasteiger partial charge < -0.3 is 15.5 Å². The molecule has 0 atom stereocenters. The molecule has 0 aromatic carbocycles. The molecule has 0 amide bonds. The zero-order valence-electron chi connectivity index (χ0n) is 11.7. The third kappa shape index (κ3) is 1.86. The number of aryl methyl sites for hydroxylation is 2. The zero-order valence-corrected chi connectivity index (χ0v) is 12.5. The van der Waals surface area contributed by atoms with Crippen molar-refractivity contribution in [3.8, 4) is 0 Å². The number of hydrogen-bond donors (Lipinski definition) is 1. The van der Waals surface area contributed by atoms with Crippen LogP contribution in [-0.4, -0.2) is 48.1 Å². The second-order valence-corrected chi connectivity index (χ2v) is 6.82. The van der Waals surface area contributed by atoms with E-state index in [2.05, 4.69) is 21.8 Å². The predicted molar refractivity (Wildman–Crippen MR) is 83.6 cm³/mol. The fourth-order valence-corrected chi connectivity index (χ4v) is 4.42. The highest BCUT2D eigenvalue weighted by atomic mass is 32.1. The van der Waals surface area contributed by atoms with Gasteiger partial charge in [0.2, 0.25) is 5.95 Å². The van der Waals surface area contributed by atoms with Crippen molar-refractivity contribution < 1.29 is 0 Å². The first kappa shape index (κ1) is 12.3. The maximum atomic E-state index is 6.23. The maximum absolute atomic E-state index is 6.23. The Morgan fingerprint density at radius 3 is 2.70 bits per heavy atom. The molecule has 6 heteroatoms. The number of rotatable bonds is 1. The largest absolute Gasteiger partial charge is 0.383 e. The van der Waals surface area contributed by atoms with Crippen molar-refractivity contribution in [1.82, 2.24) is 14.9 Å². The molecule has 4 rings (SSSR count). The quantitative estimate of drug-likeness (QED) is 0.862. The lowest BCUT2D eigenvalue weighted by Crippen LogP contribution is -2.45. The van der Waals surface area contributed by atoms with Crippen molar-refractivity contribution in [1.29, 1.82) is 0 Å². The molecular formula is C14H19N5S. The number of likely N-dealkylation sites (N-methyl/N-ethyl adjacent to an activating group) is 1. The topological polar surface area (TPSA) is 58.3 Å². The van der Waals surface area contributed by atoms with Gasteiger partial charge in [0.15, 0.2) is 0 Å². The van der Waals surface area contributed by atoms with Crippen LogP contribution in [0.4, 0.5) is 11.8 Å². The van der Waals surface area contributed by atoms with Gasteiger partial charge in [-0.2, -0.15) is 4.98 Å². The predicted octanol–water partition coefficient (Wildman–Crippen LogP) is 1.51. The number of anilines is 2. The molecular weight excluding hydrogens is 270 g/mol. The molecule has 3 heterocycles. The molecule has 0 saturated carbocycles. The number of nitrogen functional groups attached to an aromatic ring is 1. The fraction of sp³-hybridized carbons (Fsp3) is 0.571. The Bertz CT molecular complexity index is 657. The molecule has 0 bridgehead atoms. The van der Waals surface area contributed by atoms with Gasteiger partial charge in [-0.05, 0) is 31.9 Å². The SMILES string of the molecule is CN1CCN(c2nc(N)c3c4c(sc3n2)CCC4)CC1. The summed E-state index contributed by atoms with van der Waals surface area (Å²) in [5.74, 6) is 1.48. The van der Waals surface area contributed by atoms with E-state index in [0.717, 1.165) is 48.8 Å². The van der Waals surface area contributed by atoms with E-state index >= 15 is 0 Å². The molecule has 2 aromatic heterocycles. The standard InChI is InChI=1S/C14H19N5S/c1-18-5-7-19(8-6-18)14-16-12(15)11-9-3-2-4-10(9)20-13(11)17-14/h2-8H2,1H3,(H2,15,16,17). The Hall–Kier alpha value is -1.40. The number of hydrogen-bond acceptors (Lipinski definition) is 6. The third-order valence-corrected chi connectivity index (χ3v) is 5.55. The van der Waals surface area contributed by atoms with Crippen LogP contribution in [0.3, 0.4) is 0 Å². The monoisotopic (exact) mass is 289 g/mol. The highest BCUT2D eigenvalue weighted by Gasteiger charge is 2.23. The van der Waals surface area contributed by atoms with Gasteiger partial charge in [0.25, 0.3) is 0 Å². The van der Waals surface area contributed by atoms with Crippen LogP contribution in [0.1, 0.15) is 16.9 Å². The van der Waals surface area contributed by atoms with E-state index < -0.39 is 0 Å². The van der Waals surface area contributed by atoms with Crippen LogP contribution < -0.4 is 10.6 Å². The lowest BCUT2D eigenvalue weighted by molar-refractivity contribution is 0.311. The molecule has 1 aliphatic carbocycles. The summed E-state index contributed by atoms with van der Waals surface area (Å²) in [6.07, 6.45) is 3.56. The van der Waals surface area contributed by atoms with Crippen LogP contribution in [0, 0.1) is 0 Å². The molecule has 0 unspecified atom stereocenters. The minimum atomic E-state index is 0.670. The maximum Gasteiger partial charge on any atom is 0.228 e. The van der Waals surface area contributed by atoms with Crippen molar-refractivity contribution in [2.24, 2.45) is 0 Å². The zero-order chi connectivity index (χ0) is 13.7. The third-order valence-electron chi connectivity index (χ3n) is 4.37. The summed E-state index contributed by atoms with van der Waals surface area (Å²) in [4.78, 5) is 16.5. The van der Waals surface area contributed by atoms with E-state index in [0.29, 0.717) is 5.82 Å². The van der Waals surface area contributed by atoms with E-state index in [1.54, 1.807) is 0 Å². The molecule has 0 spiro atoms. The Labute approximate surface area is 122 Å². The Balaban J connectivity index is 1.75. The highest BCUT2D eigenvalue weighted by Crippen LogP contribution is 2.39. The van der Waals surface area contributed by atoms with Gasteiger partial charge in [-0.1, -0.05) is 0 Å². The van der Waals surface area contributed by atoms with Crippen molar-refractivity contribution in [2.45, 2.75) is 19.3 Å². The van der Waals surface area contributed by atoms with Crippen LogP contribution in [-0.2, 0) is 12.8 Å². The van der Waals surface area contributed by atoms with Crippen LogP contribution in [0.15, 0.2) is 0 Å². The summed E-state index contributed by atoms with van der Waals surface area (Å²) in [6.45, 7) is 4.07. The summed E-state index contributed by atoms with van der Waals surface area (Å²) in [5, 5.41) is 1.13. The summed E-state index contributed by atoms with van der Waals surface area (Å²) in [6, 6.07) is 0. The average Bonchev–Trinajstić information content (AvgIpc) is 2.99. The molecule has 1 aliphatic heterocycles. The van der Waals surface area contributed by atoms with Crippen LogP contribution in [0.25, 0.3) is 10.2 Å². The normalized spacial score (nSPS) is 19.8. The molecule has 1 fully saturated rings. The lowest BCUT2D eigenvalue weighted by atomic mass is 10.2. The molecule has 2 aliphatic rings. The van der Waals surface area contributed by atoms with E-state index in [9.17, 15) is 0 Å². The fourth-order valence-electron chi connectivity index (χ4n) is 3.16. The smallest absolute Gasteiger partial charge is 0.228 e. The van der Waals surface area contributed by atoms with Gasteiger partial charge in [-0.15, -0.1) is 11.3 Å². The summed E-state index contributed by atoms with van der Waals surface area (Å²) >= 11 is 1.81. The number of nitrogens with zero attached hydrogens (tertiary/aromatic N) is 4. The molecule has 1 saturated heterocycles. The van der Waals surface area contributed by atoms with Crippen LogP contribution >= 0.6 is 11.3 Å². The van der Waals surface area contributed by atoms with Gasteiger partial charge in [0.1, 0.15) is 10.6 Å². The summed E-state index contributed by atoms with van der Waals surface area (Å²) in [5.41, 5.74) is 7.64. The average molecular weight is 289 g/mol. The molecule has 106 valence electrons. The molecule has 20 heavy (non-hydrogen) atoms. The van der Waals surface area contributed by atoms with Gasteiger partial charge >= 0.3 is 0 Å². The van der Waals surface area contributed by atoms with E-state index in [1.165, 1.54) is 23.3 Å². The molecule has 0 radical (unpaired) electrons. The minimum Gasteiger partial charge on any atom is -0.383 e. The van der Waals surface area contributed by atoms with Crippen LogP contribution in [0.5, 0.6) is 0 Å². The van der Waals surface area contributed by atoms with E-state index in [1.807, 2.05) is 11.3 Å². The van der Waals surface area contributed by atoms with Crippen molar-refractivity contribution in [3.05, 3.63) is 10.4 Å². The number of piperazine rings is 1. The Morgan fingerprint density at radius 2 is 1.90 bits per heavy atom. The first-order valence-electron chi connectivity index (χ1n) is 7.23. The highest BCUT2D eigenvalue weighted by molar-refractivity contribution is 7.19. The second kappa shape index (κ2) is 4.56. The van der Waals surface area contributed by atoms with Gasteiger partial charge in [0, 0.05) is 31.1 Å². The van der Waals surface area contributed by atoms with E-state index in [4.69, 9.17) is 10.7 Å². The minimum absolute atomic E-state index is 0.670. The number of aromatic nitrogens is 2. The lowest BCUT2D eigenvalue weighted by Gasteiger charge is -2.32. The van der Waals surface area contributed by atoms with Crippen LogP contribution in [0.2, 0.25) is 0 Å². The Kier molecular flexibility index (Phi) is 2.82. The van der Waals surface area contributed by atoms with Crippen molar-refractivity contribution >= 4 is 33.3 Å². The second-order valence-electron chi connectivity index (χ2n) is 5.74. The summed E-state index contributed by atoms with van der Waals surface area (Å²) in [7, 11) is 2.15. The van der Waals surface area contributed by atoms with Crippen molar-refractivity contribution in [3.63, 3.8) is 0 Å².